The summed E-state index contributed by atoms with van der Waals surface area (Å²) in [6.45, 7) is 5.11. The number of anilines is 2. The molecule has 1 amide bonds. The van der Waals surface area contributed by atoms with Gasteiger partial charge in [-0.2, -0.15) is 0 Å². The third-order valence-electron chi connectivity index (χ3n) is 4.72. The molecule has 3 rings (SSSR count). The second-order valence-corrected chi connectivity index (χ2v) is 6.38. The molecule has 1 atom stereocenters. The number of carbonyl (C=O) groups excluding carboxylic acids is 1. The molecular weight excluding hydrogens is 262 g/mol. The van der Waals surface area contributed by atoms with Crippen LogP contribution in [0, 0.1) is 0 Å². The van der Waals surface area contributed by atoms with Crippen molar-refractivity contribution >= 4 is 17.3 Å². The van der Waals surface area contributed by atoms with Crippen LogP contribution in [0.25, 0.3) is 0 Å². The van der Waals surface area contributed by atoms with Gasteiger partial charge in [0.1, 0.15) is 0 Å². The van der Waals surface area contributed by atoms with E-state index in [1.807, 2.05) is 25.1 Å². The molecule has 2 aliphatic heterocycles. The van der Waals surface area contributed by atoms with Gasteiger partial charge in [-0.15, -0.1) is 0 Å². The SMILES string of the molecule is CC1(C(=O)Nc2ccccc2N2CCCC2)CCCCN1. The largest absolute Gasteiger partial charge is 0.370 e. The Hall–Kier alpha value is -1.55. The van der Waals surface area contributed by atoms with Crippen LogP contribution in [0.5, 0.6) is 0 Å². The average Bonchev–Trinajstić information content (AvgIpc) is 3.02. The monoisotopic (exact) mass is 287 g/mol. The predicted octanol–water partition coefficient (Wildman–Crippen LogP) is 2.76. The van der Waals surface area contributed by atoms with Crippen LogP contribution >= 0.6 is 0 Å². The fourth-order valence-electron chi connectivity index (χ4n) is 3.32. The topological polar surface area (TPSA) is 44.4 Å². The zero-order chi connectivity index (χ0) is 14.7. The first-order valence-electron chi connectivity index (χ1n) is 8.09. The molecular formula is C17H25N3O. The lowest BCUT2D eigenvalue weighted by Gasteiger charge is -2.34. The van der Waals surface area contributed by atoms with Gasteiger partial charge >= 0.3 is 0 Å². The van der Waals surface area contributed by atoms with Gasteiger partial charge in [-0.25, -0.2) is 0 Å². The maximum absolute atomic E-state index is 12.7. The Labute approximate surface area is 126 Å². The molecule has 0 saturated carbocycles. The van der Waals surface area contributed by atoms with Crippen molar-refractivity contribution in [3.63, 3.8) is 0 Å². The zero-order valence-electron chi connectivity index (χ0n) is 12.8. The van der Waals surface area contributed by atoms with Gasteiger partial charge < -0.3 is 15.5 Å². The molecule has 1 unspecified atom stereocenters. The highest BCUT2D eigenvalue weighted by Crippen LogP contribution is 2.30. The molecule has 0 aliphatic carbocycles. The Bertz CT molecular complexity index is 503. The lowest BCUT2D eigenvalue weighted by Crippen LogP contribution is -2.54. The van der Waals surface area contributed by atoms with Crippen molar-refractivity contribution in [2.24, 2.45) is 0 Å². The number of hydrogen-bond acceptors (Lipinski definition) is 3. The number of rotatable bonds is 3. The fraction of sp³-hybridized carbons (Fsp3) is 0.588. The minimum Gasteiger partial charge on any atom is -0.370 e. The van der Waals surface area contributed by atoms with E-state index in [2.05, 4.69) is 21.6 Å². The zero-order valence-corrected chi connectivity index (χ0v) is 12.8. The van der Waals surface area contributed by atoms with Crippen LogP contribution in [0.2, 0.25) is 0 Å². The van der Waals surface area contributed by atoms with Crippen molar-refractivity contribution in [1.29, 1.82) is 0 Å². The summed E-state index contributed by atoms with van der Waals surface area (Å²) in [5.74, 6) is 0.0915. The molecule has 1 aromatic carbocycles. The molecule has 1 aromatic rings. The number of benzene rings is 1. The Kier molecular flexibility index (Phi) is 4.15. The van der Waals surface area contributed by atoms with Crippen LogP contribution in [0.3, 0.4) is 0 Å². The van der Waals surface area contributed by atoms with Gasteiger partial charge in [0.25, 0.3) is 0 Å². The summed E-state index contributed by atoms with van der Waals surface area (Å²) >= 11 is 0. The summed E-state index contributed by atoms with van der Waals surface area (Å²) in [6.07, 6.45) is 5.66. The minimum atomic E-state index is -0.434. The summed E-state index contributed by atoms with van der Waals surface area (Å²) in [4.78, 5) is 15.0. The number of para-hydroxylation sites is 2. The van der Waals surface area contributed by atoms with E-state index >= 15 is 0 Å². The van der Waals surface area contributed by atoms with E-state index in [1.54, 1.807) is 0 Å². The van der Waals surface area contributed by atoms with Gasteiger partial charge in [0.2, 0.25) is 5.91 Å². The van der Waals surface area contributed by atoms with Crippen LogP contribution in [-0.2, 0) is 4.79 Å². The average molecular weight is 287 g/mol. The number of amides is 1. The van der Waals surface area contributed by atoms with Crippen molar-refractivity contribution < 1.29 is 4.79 Å². The summed E-state index contributed by atoms with van der Waals surface area (Å²) in [5.41, 5.74) is 1.66. The van der Waals surface area contributed by atoms with Crippen molar-refractivity contribution in [1.82, 2.24) is 5.32 Å². The molecule has 2 heterocycles. The summed E-state index contributed by atoms with van der Waals surface area (Å²) in [5, 5.41) is 6.53. The fourth-order valence-corrected chi connectivity index (χ4v) is 3.32. The first-order chi connectivity index (χ1) is 10.2. The molecule has 2 aliphatic rings. The van der Waals surface area contributed by atoms with Crippen LogP contribution in [0.4, 0.5) is 11.4 Å². The van der Waals surface area contributed by atoms with E-state index in [4.69, 9.17) is 0 Å². The molecule has 4 nitrogen and oxygen atoms in total. The second-order valence-electron chi connectivity index (χ2n) is 6.38. The molecule has 4 heteroatoms. The van der Waals surface area contributed by atoms with Crippen LogP contribution < -0.4 is 15.5 Å². The Morgan fingerprint density at radius 2 is 1.95 bits per heavy atom. The Morgan fingerprint density at radius 3 is 2.67 bits per heavy atom. The maximum Gasteiger partial charge on any atom is 0.244 e. The van der Waals surface area contributed by atoms with Gasteiger partial charge in [-0.3, -0.25) is 4.79 Å². The Balaban J connectivity index is 1.76. The minimum absolute atomic E-state index is 0.0915. The van der Waals surface area contributed by atoms with Gasteiger partial charge in [0.15, 0.2) is 0 Å². The molecule has 21 heavy (non-hydrogen) atoms. The highest BCUT2D eigenvalue weighted by molar-refractivity contribution is 6.00. The quantitative estimate of drug-likeness (QED) is 0.898. The third-order valence-corrected chi connectivity index (χ3v) is 4.72. The molecule has 2 fully saturated rings. The number of nitrogens with zero attached hydrogens (tertiary/aromatic N) is 1. The van der Waals surface area contributed by atoms with E-state index in [1.165, 1.54) is 12.8 Å². The molecule has 0 radical (unpaired) electrons. The standard InChI is InChI=1S/C17H25N3O/c1-17(10-4-5-11-18-17)16(21)19-14-8-2-3-9-15(14)20-12-6-7-13-20/h2-3,8-9,18H,4-7,10-13H2,1H3,(H,19,21). The lowest BCUT2D eigenvalue weighted by molar-refractivity contribution is -0.122. The van der Waals surface area contributed by atoms with Crippen molar-refractivity contribution in [2.45, 2.75) is 44.6 Å². The first-order valence-corrected chi connectivity index (χ1v) is 8.09. The number of nitrogens with one attached hydrogen (secondary N) is 2. The van der Waals surface area contributed by atoms with Gasteiger partial charge in [0.05, 0.1) is 16.9 Å². The Morgan fingerprint density at radius 1 is 1.19 bits per heavy atom. The van der Waals surface area contributed by atoms with Gasteiger partial charge in [0, 0.05) is 13.1 Å². The van der Waals surface area contributed by atoms with Crippen molar-refractivity contribution in [3.8, 4) is 0 Å². The first kappa shape index (κ1) is 14.4. The van der Waals surface area contributed by atoms with Gasteiger partial charge in [-0.05, 0) is 57.7 Å². The second kappa shape index (κ2) is 6.06. The number of piperidine rings is 1. The van der Waals surface area contributed by atoms with E-state index < -0.39 is 5.54 Å². The molecule has 0 spiro atoms. The van der Waals surface area contributed by atoms with E-state index in [0.29, 0.717) is 0 Å². The third kappa shape index (κ3) is 3.05. The highest BCUT2D eigenvalue weighted by atomic mass is 16.2. The van der Waals surface area contributed by atoms with Crippen molar-refractivity contribution in [2.75, 3.05) is 29.9 Å². The van der Waals surface area contributed by atoms with Crippen molar-refractivity contribution in [3.05, 3.63) is 24.3 Å². The summed E-state index contributed by atoms with van der Waals surface area (Å²) in [7, 11) is 0. The smallest absolute Gasteiger partial charge is 0.244 e. The summed E-state index contributed by atoms with van der Waals surface area (Å²) < 4.78 is 0. The number of carbonyl (C=O) groups is 1. The number of hydrogen-bond donors (Lipinski definition) is 2. The van der Waals surface area contributed by atoms with E-state index in [-0.39, 0.29) is 5.91 Å². The maximum atomic E-state index is 12.7. The predicted molar refractivity (Wildman–Crippen MR) is 86.8 cm³/mol. The van der Waals surface area contributed by atoms with Crippen LogP contribution in [-0.4, -0.2) is 31.1 Å². The summed E-state index contributed by atoms with van der Waals surface area (Å²) in [6, 6.07) is 8.16. The molecule has 0 aromatic heterocycles. The van der Waals surface area contributed by atoms with Crippen LogP contribution in [0.15, 0.2) is 24.3 Å². The molecule has 2 saturated heterocycles. The normalized spacial score (nSPS) is 25.9. The molecule has 2 N–H and O–H groups in total. The van der Waals surface area contributed by atoms with E-state index in [0.717, 1.165) is 50.3 Å². The molecule has 0 bridgehead atoms. The van der Waals surface area contributed by atoms with E-state index in [9.17, 15) is 4.79 Å². The van der Waals surface area contributed by atoms with Gasteiger partial charge in [-0.1, -0.05) is 12.1 Å². The molecule has 114 valence electrons. The van der Waals surface area contributed by atoms with Crippen LogP contribution in [0.1, 0.15) is 39.0 Å². The highest BCUT2D eigenvalue weighted by Gasteiger charge is 2.34. The lowest BCUT2D eigenvalue weighted by atomic mass is 9.90.